The summed E-state index contributed by atoms with van der Waals surface area (Å²) in [5.74, 6) is -0.359. The van der Waals surface area contributed by atoms with Crippen LogP contribution < -0.4 is 4.90 Å². The number of anilines is 1. The number of unbranched alkanes of at least 4 members (excludes halogenated alkanes) is 3. The monoisotopic (exact) mass is 510 g/mol. The standard InChI is InChI=1S/C29H42N4O2S/c1-5-8-16-32(17-9-6-2)29-31-26(22-14-12-11-13-15-22)25(36-29)19-23-21(4)24(20-30)28(35)33(27(23)34)18-10-7-3/h19,22H,5-18H2,1-4H3/b23-19+. The summed E-state index contributed by atoms with van der Waals surface area (Å²) in [6, 6.07) is 2.07. The molecule has 1 aliphatic heterocycles. The minimum Gasteiger partial charge on any atom is -0.348 e. The molecule has 1 saturated carbocycles. The zero-order valence-electron chi connectivity index (χ0n) is 22.6. The lowest BCUT2D eigenvalue weighted by Crippen LogP contribution is -2.43. The molecule has 2 aliphatic rings. The molecule has 0 aromatic carbocycles. The molecule has 0 atom stereocenters. The Morgan fingerprint density at radius 2 is 1.67 bits per heavy atom. The minimum absolute atomic E-state index is 0.0772. The second-order valence-electron chi connectivity index (χ2n) is 10.1. The average Bonchev–Trinajstić information content (AvgIpc) is 3.31. The van der Waals surface area contributed by atoms with Crippen molar-refractivity contribution in [3.8, 4) is 6.07 Å². The molecule has 0 radical (unpaired) electrons. The fourth-order valence-corrected chi connectivity index (χ4v) is 6.17. The molecule has 0 spiro atoms. The SMILES string of the molecule is CCCCN1C(=O)C(C#N)=C(C)/C(=C\c2sc(N(CCCC)CCCC)nc2C2CCCCC2)C1=O. The topological polar surface area (TPSA) is 77.3 Å². The average molecular weight is 511 g/mol. The normalized spacial score (nSPS) is 18.3. The summed E-state index contributed by atoms with van der Waals surface area (Å²) >= 11 is 1.67. The van der Waals surface area contributed by atoms with Gasteiger partial charge in [-0.1, -0.05) is 70.6 Å². The number of aromatic nitrogens is 1. The second-order valence-corrected chi connectivity index (χ2v) is 11.1. The summed E-state index contributed by atoms with van der Waals surface area (Å²) in [4.78, 5) is 36.3. The number of nitriles is 1. The first-order valence-electron chi connectivity index (χ1n) is 13.9. The Labute approximate surface area is 221 Å². The van der Waals surface area contributed by atoms with Crippen molar-refractivity contribution in [2.45, 2.75) is 104 Å². The van der Waals surface area contributed by atoms with Crippen LogP contribution in [-0.4, -0.2) is 41.3 Å². The first-order chi connectivity index (χ1) is 17.5. The van der Waals surface area contributed by atoms with Crippen LogP contribution in [0.3, 0.4) is 0 Å². The molecular weight excluding hydrogens is 468 g/mol. The van der Waals surface area contributed by atoms with Gasteiger partial charge in [-0.3, -0.25) is 14.5 Å². The molecule has 2 heterocycles. The number of carbonyl (C=O) groups is 2. The van der Waals surface area contributed by atoms with Crippen LogP contribution in [0.4, 0.5) is 5.13 Å². The van der Waals surface area contributed by atoms with Crippen molar-refractivity contribution in [1.29, 1.82) is 5.26 Å². The Morgan fingerprint density at radius 1 is 1.03 bits per heavy atom. The first kappa shape index (κ1) is 28.1. The molecule has 3 rings (SSSR count). The van der Waals surface area contributed by atoms with E-state index in [1.165, 1.54) is 24.2 Å². The van der Waals surface area contributed by atoms with E-state index in [2.05, 4.69) is 24.8 Å². The fraction of sp³-hybridized carbons (Fsp3) is 0.655. The van der Waals surface area contributed by atoms with Gasteiger partial charge in [-0.25, -0.2) is 4.98 Å². The molecule has 7 heteroatoms. The van der Waals surface area contributed by atoms with Gasteiger partial charge in [-0.05, 0) is 50.7 Å². The molecule has 2 amide bonds. The van der Waals surface area contributed by atoms with Crippen molar-refractivity contribution in [3.63, 3.8) is 0 Å². The smallest absolute Gasteiger partial charge is 0.271 e. The van der Waals surface area contributed by atoms with Gasteiger partial charge in [-0.2, -0.15) is 5.26 Å². The molecule has 0 N–H and O–H groups in total. The first-order valence-corrected chi connectivity index (χ1v) is 14.7. The number of nitrogens with zero attached hydrogens (tertiary/aromatic N) is 4. The van der Waals surface area contributed by atoms with Crippen LogP contribution in [-0.2, 0) is 9.59 Å². The van der Waals surface area contributed by atoms with E-state index < -0.39 is 5.91 Å². The van der Waals surface area contributed by atoms with Gasteiger partial charge in [0, 0.05) is 31.1 Å². The maximum Gasteiger partial charge on any atom is 0.271 e. The van der Waals surface area contributed by atoms with Crippen LogP contribution in [0.1, 0.15) is 115 Å². The van der Waals surface area contributed by atoms with Crippen molar-refractivity contribution in [2.75, 3.05) is 24.5 Å². The quantitative estimate of drug-likeness (QED) is 0.224. The maximum absolute atomic E-state index is 13.5. The lowest BCUT2D eigenvalue weighted by molar-refractivity contribution is -0.140. The number of thiazole rings is 1. The number of hydrogen-bond donors (Lipinski definition) is 0. The Hall–Kier alpha value is -2.46. The third kappa shape index (κ3) is 6.45. The van der Waals surface area contributed by atoms with E-state index in [0.717, 1.165) is 80.2 Å². The summed E-state index contributed by atoms with van der Waals surface area (Å²) in [5.41, 5.74) is 2.12. The van der Waals surface area contributed by atoms with E-state index in [-0.39, 0.29) is 11.5 Å². The molecule has 1 aromatic heterocycles. The highest BCUT2D eigenvalue weighted by Gasteiger charge is 2.35. The lowest BCUT2D eigenvalue weighted by Gasteiger charge is -2.27. The van der Waals surface area contributed by atoms with E-state index in [4.69, 9.17) is 4.98 Å². The van der Waals surface area contributed by atoms with Gasteiger partial charge in [0.05, 0.1) is 10.6 Å². The fourth-order valence-electron chi connectivity index (χ4n) is 5.02. The van der Waals surface area contributed by atoms with Gasteiger partial charge in [0.15, 0.2) is 5.13 Å². The predicted molar refractivity (Wildman–Crippen MR) is 148 cm³/mol. The van der Waals surface area contributed by atoms with Gasteiger partial charge in [0.25, 0.3) is 11.8 Å². The molecule has 0 saturated heterocycles. The molecule has 1 aromatic rings. The molecule has 6 nitrogen and oxygen atoms in total. The largest absolute Gasteiger partial charge is 0.348 e. The summed E-state index contributed by atoms with van der Waals surface area (Å²) in [5, 5.41) is 10.8. The number of hydrogen-bond acceptors (Lipinski definition) is 6. The highest BCUT2D eigenvalue weighted by molar-refractivity contribution is 7.16. The minimum atomic E-state index is -0.464. The van der Waals surface area contributed by atoms with E-state index in [1.54, 1.807) is 18.3 Å². The van der Waals surface area contributed by atoms with Crippen LogP contribution in [0.15, 0.2) is 16.7 Å². The number of rotatable bonds is 12. The van der Waals surface area contributed by atoms with Gasteiger partial charge >= 0.3 is 0 Å². The van der Waals surface area contributed by atoms with Crippen molar-refractivity contribution >= 4 is 34.4 Å². The predicted octanol–water partition coefficient (Wildman–Crippen LogP) is 6.99. The molecule has 196 valence electrons. The van der Waals surface area contributed by atoms with Gasteiger partial charge < -0.3 is 4.90 Å². The molecule has 36 heavy (non-hydrogen) atoms. The van der Waals surface area contributed by atoms with Crippen molar-refractivity contribution in [1.82, 2.24) is 9.88 Å². The third-order valence-corrected chi connectivity index (χ3v) is 8.41. The summed E-state index contributed by atoms with van der Waals surface area (Å²) < 4.78 is 0. The van der Waals surface area contributed by atoms with E-state index in [1.807, 2.05) is 13.0 Å². The Kier molecular flexibility index (Phi) is 10.7. The maximum atomic E-state index is 13.5. The second kappa shape index (κ2) is 13.7. The number of amides is 2. The van der Waals surface area contributed by atoms with E-state index in [0.29, 0.717) is 23.6 Å². The molecule has 1 aliphatic carbocycles. The molecule has 0 unspecified atom stereocenters. The zero-order valence-corrected chi connectivity index (χ0v) is 23.4. The highest BCUT2D eigenvalue weighted by atomic mass is 32.1. The van der Waals surface area contributed by atoms with Crippen LogP contribution in [0.5, 0.6) is 0 Å². The lowest BCUT2D eigenvalue weighted by atomic mass is 9.86. The van der Waals surface area contributed by atoms with Crippen LogP contribution in [0, 0.1) is 11.3 Å². The van der Waals surface area contributed by atoms with Gasteiger partial charge in [0.1, 0.15) is 11.6 Å². The van der Waals surface area contributed by atoms with Gasteiger partial charge in [-0.15, -0.1) is 0 Å². The molecular formula is C29H42N4O2S. The van der Waals surface area contributed by atoms with Gasteiger partial charge in [0.2, 0.25) is 0 Å². The van der Waals surface area contributed by atoms with Crippen LogP contribution in [0.25, 0.3) is 6.08 Å². The Balaban J connectivity index is 2.09. The van der Waals surface area contributed by atoms with E-state index in [9.17, 15) is 14.9 Å². The Morgan fingerprint density at radius 3 is 2.25 bits per heavy atom. The van der Waals surface area contributed by atoms with Crippen molar-refractivity contribution in [2.24, 2.45) is 0 Å². The Bertz CT molecular complexity index is 1020. The third-order valence-electron chi connectivity index (χ3n) is 7.33. The number of carbonyl (C=O) groups excluding carboxylic acids is 2. The van der Waals surface area contributed by atoms with Crippen LogP contribution in [0.2, 0.25) is 0 Å². The highest BCUT2D eigenvalue weighted by Crippen LogP contribution is 2.40. The zero-order chi connectivity index (χ0) is 26.1. The van der Waals surface area contributed by atoms with Crippen LogP contribution >= 0.6 is 11.3 Å². The summed E-state index contributed by atoms with van der Waals surface area (Å²) in [7, 11) is 0. The van der Waals surface area contributed by atoms with Crippen molar-refractivity contribution in [3.05, 3.63) is 27.3 Å². The molecule has 1 fully saturated rings. The van der Waals surface area contributed by atoms with Crippen molar-refractivity contribution < 1.29 is 9.59 Å². The van der Waals surface area contributed by atoms with E-state index >= 15 is 0 Å². The number of imide groups is 1. The molecule has 0 bridgehead atoms. The summed E-state index contributed by atoms with van der Waals surface area (Å²) in [6.07, 6.45) is 14.0. The summed E-state index contributed by atoms with van der Waals surface area (Å²) in [6.45, 7) is 10.5.